The zero-order chi connectivity index (χ0) is 11.6. The van der Waals surface area contributed by atoms with Crippen LogP contribution >= 0.6 is 0 Å². The standard InChI is InChI=1S/C13H26N2O/c1-3-5-12-7-14-9-13(6-4-2,11(12)16)10-15-8-12/h11,14-16H,3-10H2,1-2H3. The Balaban J connectivity index is 2.21. The predicted molar refractivity (Wildman–Crippen MR) is 66.4 cm³/mol. The molecule has 2 bridgehead atoms. The van der Waals surface area contributed by atoms with Gasteiger partial charge in [0.15, 0.2) is 0 Å². The molecule has 2 aliphatic heterocycles. The summed E-state index contributed by atoms with van der Waals surface area (Å²) in [6, 6.07) is 0. The van der Waals surface area contributed by atoms with Gasteiger partial charge in [0.25, 0.3) is 0 Å². The topological polar surface area (TPSA) is 44.3 Å². The van der Waals surface area contributed by atoms with Crippen LogP contribution < -0.4 is 10.6 Å². The minimum absolute atomic E-state index is 0.0838. The molecule has 0 aromatic heterocycles. The summed E-state index contributed by atoms with van der Waals surface area (Å²) >= 11 is 0. The van der Waals surface area contributed by atoms with Gasteiger partial charge in [0.1, 0.15) is 0 Å². The number of nitrogens with one attached hydrogen (secondary N) is 2. The zero-order valence-corrected chi connectivity index (χ0v) is 10.7. The van der Waals surface area contributed by atoms with E-state index in [1.54, 1.807) is 0 Å². The van der Waals surface area contributed by atoms with Gasteiger partial charge in [0, 0.05) is 37.0 Å². The Hall–Kier alpha value is -0.120. The van der Waals surface area contributed by atoms with Crippen molar-refractivity contribution in [3.63, 3.8) is 0 Å². The third-order valence-corrected chi connectivity index (χ3v) is 4.56. The molecule has 0 aromatic rings. The molecule has 0 amide bonds. The second kappa shape index (κ2) is 4.63. The molecule has 3 nitrogen and oxygen atoms in total. The molecule has 2 fully saturated rings. The molecule has 94 valence electrons. The van der Waals surface area contributed by atoms with Gasteiger partial charge in [-0.05, 0) is 12.8 Å². The Bertz CT molecular complexity index is 199. The zero-order valence-electron chi connectivity index (χ0n) is 10.7. The van der Waals surface area contributed by atoms with E-state index in [0.717, 1.165) is 51.9 Å². The molecular formula is C13H26N2O. The fraction of sp³-hybridized carbons (Fsp3) is 1.00. The summed E-state index contributed by atoms with van der Waals surface area (Å²) in [5.74, 6) is 0. The molecule has 2 saturated heterocycles. The van der Waals surface area contributed by atoms with Crippen LogP contribution in [0.5, 0.6) is 0 Å². The number of hydrogen-bond donors (Lipinski definition) is 3. The number of hydrogen-bond acceptors (Lipinski definition) is 3. The molecule has 2 rings (SSSR count). The van der Waals surface area contributed by atoms with E-state index in [-0.39, 0.29) is 16.9 Å². The molecule has 0 spiro atoms. The number of aliphatic hydroxyl groups is 1. The maximum absolute atomic E-state index is 10.8. The molecule has 0 atom stereocenters. The minimum Gasteiger partial charge on any atom is -0.392 e. The summed E-state index contributed by atoms with van der Waals surface area (Å²) in [4.78, 5) is 0. The van der Waals surface area contributed by atoms with E-state index in [9.17, 15) is 5.11 Å². The maximum atomic E-state index is 10.8. The van der Waals surface area contributed by atoms with Gasteiger partial charge in [0.2, 0.25) is 0 Å². The third kappa shape index (κ3) is 1.79. The van der Waals surface area contributed by atoms with E-state index in [4.69, 9.17) is 0 Å². The van der Waals surface area contributed by atoms with Crippen molar-refractivity contribution in [2.75, 3.05) is 26.2 Å². The van der Waals surface area contributed by atoms with E-state index in [1.807, 2.05) is 0 Å². The van der Waals surface area contributed by atoms with Crippen LogP contribution in [-0.2, 0) is 0 Å². The third-order valence-electron chi connectivity index (χ3n) is 4.56. The highest BCUT2D eigenvalue weighted by molar-refractivity contribution is 5.09. The Morgan fingerprint density at radius 1 is 0.938 bits per heavy atom. The van der Waals surface area contributed by atoms with Gasteiger partial charge in [-0.3, -0.25) is 0 Å². The lowest BCUT2D eigenvalue weighted by Crippen LogP contribution is -2.70. The van der Waals surface area contributed by atoms with Gasteiger partial charge >= 0.3 is 0 Å². The molecule has 3 N–H and O–H groups in total. The molecule has 3 heteroatoms. The van der Waals surface area contributed by atoms with Crippen LogP contribution in [-0.4, -0.2) is 37.4 Å². The summed E-state index contributed by atoms with van der Waals surface area (Å²) in [5, 5.41) is 17.9. The smallest absolute Gasteiger partial charge is 0.0701 e. The van der Waals surface area contributed by atoms with Crippen molar-refractivity contribution in [1.82, 2.24) is 10.6 Å². The average molecular weight is 226 g/mol. The van der Waals surface area contributed by atoms with Gasteiger partial charge in [-0.2, -0.15) is 0 Å². The van der Waals surface area contributed by atoms with Crippen molar-refractivity contribution in [1.29, 1.82) is 0 Å². The average Bonchev–Trinajstić information content (AvgIpc) is 2.23. The Kier molecular flexibility index (Phi) is 3.57. The maximum Gasteiger partial charge on any atom is 0.0701 e. The lowest BCUT2D eigenvalue weighted by atomic mass is 9.59. The SMILES string of the molecule is CCCC12CNCC(CCC)(CNC1)C2O. The van der Waals surface area contributed by atoms with Crippen LogP contribution in [0.25, 0.3) is 0 Å². The van der Waals surface area contributed by atoms with Crippen LogP contribution in [0, 0.1) is 10.8 Å². The highest BCUT2D eigenvalue weighted by atomic mass is 16.3. The largest absolute Gasteiger partial charge is 0.392 e. The van der Waals surface area contributed by atoms with Crippen LogP contribution in [0.2, 0.25) is 0 Å². The Labute approximate surface area is 99.0 Å². The summed E-state index contributed by atoms with van der Waals surface area (Å²) in [6.45, 7) is 8.32. The molecule has 0 unspecified atom stereocenters. The first-order chi connectivity index (χ1) is 7.69. The van der Waals surface area contributed by atoms with Crippen LogP contribution in [0.1, 0.15) is 39.5 Å². The number of fused-ring (bicyclic) bond motifs is 2. The van der Waals surface area contributed by atoms with Crippen molar-refractivity contribution in [3.8, 4) is 0 Å². The Morgan fingerprint density at radius 3 is 1.62 bits per heavy atom. The van der Waals surface area contributed by atoms with Crippen molar-refractivity contribution in [2.24, 2.45) is 10.8 Å². The molecule has 2 heterocycles. The predicted octanol–water partition coefficient (Wildman–Crippen LogP) is 1.13. The molecule has 0 saturated carbocycles. The highest BCUT2D eigenvalue weighted by Gasteiger charge is 2.54. The van der Waals surface area contributed by atoms with E-state index in [0.29, 0.717) is 0 Å². The van der Waals surface area contributed by atoms with Gasteiger partial charge < -0.3 is 15.7 Å². The van der Waals surface area contributed by atoms with Gasteiger partial charge in [-0.1, -0.05) is 26.7 Å². The number of piperidine rings is 2. The minimum atomic E-state index is -0.123. The van der Waals surface area contributed by atoms with Crippen molar-refractivity contribution < 1.29 is 5.11 Å². The fourth-order valence-electron chi connectivity index (χ4n) is 3.90. The summed E-state index contributed by atoms with van der Waals surface area (Å²) in [6.07, 6.45) is 4.44. The normalized spacial score (nSPS) is 43.3. The summed E-state index contributed by atoms with van der Waals surface area (Å²) < 4.78 is 0. The number of rotatable bonds is 4. The molecule has 0 radical (unpaired) electrons. The summed E-state index contributed by atoms with van der Waals surface area (Å²) in [7, 11) is 0. The molecule has 16 heavy (non-hydrogen) atoms. The monoisotopic (exact) mass is 226 g/mol. The first-order valence-corrected chi connectivity index (χ1v) is 6.79. The second-order valence-corrected chi connectivity index (χ2v) is 5.83. The quantitative estimate of drug-likeness (QED) is 0.673. The van der Waals surface area contributed by atoms with Gasteiger partial charge in [0.05, 0.1) is 6.10 Å². The molecular weight excluding hydrogens is 200 g/mol. The van der Waals surface area contributed by atoms with Crippen LogP contribution in [0.3, 0.4) is 0 Å². The molecule has 0 aliphatic carbocycles. The lowest BCUT2D eigenvalue weighted by molar-refractivity contribution is -0.126. The number of aliphatic hydroxyl groups excluding tert-OH is 1. The van der Waals surface area contributed by atoms with Crippen LogP contribution in [0.15, 0.2) is 0 Å². The highest BCUT2D eigenvalue weighted by Crippen LogP contribution is 2.45. The first kappa shape index (κ1) is 12.3. The second-order valence-electron chi connectivity index (χ2n) is 5.83. The van der Waals surface area contributed by atoms with Crippen LogP contribution in [0.4, 0.5) is 0 Å². The van der Waals surface area contributed by atoms with Gasteiger partial charge in [-0.15, -0.1) is 0 Å². The summed E-state index contributed by atoms with van der Waals surface area (Å²) in [5.41, 5.74) is 0.168. The van der Waals surface area contributed by atoms with E-state index in [1.165, 1.54) is 0 Å². The van der Waals surface area contributed by atoms with E-state index >= 15 is 0 Å². The fourth-order valence-corrected chi connectivity index (χ4v) is 3.90. The lowest BCUT2D eigenvalue weighted by Gasteiger charge is -2.57. The van der Waals surface area contributed by atoms with Crippen molar-refractivity contribution in [2.45, 2.75) is 45.6 Å². The molecule has 2 aliphatic rings. The first-order valence-electron chi connectivity index (χ1n) is 6.79. The molecule has 0 aromatic carbocycles. The van der Waals surface area contributed by atoms with Gasteiger partial charge in [-0.25, -0.2) is 0 Å². The van der Waals surface area contributed by atoms with E-state index in [2.05, 4.69) is 24.5 Å². The van der Waals surface area contributed by atoms with E-state index < -0.39 is 0 Å². The Morgan fingerprint density at radius 2 is 1.31 bits per heavy atom. The van der Waals surface area contributed by atoms with Crippen molar-refractivity contribution >= 4 is 0 Å². The van der Waals surface area contributed by atoms with Crippen molar-refractivity contribution in [3.05, 3.63) is 0 Å².